The van der Waals surface area contributed by atoms with E-state index in [0.717, 1.165) is 35.3 Å². The van der Waals surface area contributed by atoms with Crippen molar-refractivity contribution < 1.29 is 29.3 Å². The largest absolute Gasteiger partial charge is 0.481 e. The van der Waals surface area contributed by atoms with Crippen LogP contribution in [0, 0.1) is 5.92 Å². The lowest BCUT2D eigenvalue weighted by Gasteiger charge is -2.42. The number of likely N-dealkylation sites (N-methyl/N-ethyl adjacent to an activating group) is 1. The van der Waals surface area contributed by atoms with Crippen molar-refractivity contribution in [2.75, 3.05) is 25.5 Å². The smallest absolute Gasteiger partial charge is 0.303 e. The number of hydrogen-bond acceptors (Lipinski definition) is 7. The lowest BCUT2D eigenvalue weighted by molar-refractivity contribution is -0.275. The molecule has 0 aliphatic carbocycles. The Bertz CT molecular complexity index is 1240. The molecule has 40 heavy (non-hydrogen) atoms. The summed E-state index contributed by atoms with van der Waals surface area (Å²) in [5.41, 5.74) is 4.29. The fourth-order valence-electron chi connectivity index (χ4n) is 4.75. The summed E-state index contributed by atoms with van der Waals surface area (Å²) in [6, 6.07) is 21.0. The molecule has 0 saturated carbocycles. The van der Waals surface area contributed by atoms with Crippen LogP contribution in [0.25, 0.3) is 0 Å². The Hall–Kier alpha value is -3.63. The van der Waals surface area contributed by atoms with Crippen molar-refractivity contribution in [2.24, 2.45) is 5.92 Å². The number of aliphatic hydroxyl groups excluding tert-OH is 1. The molecule has 1 amide bonds. The predicted molar refractivity (Wildman–Crippen MR) is 150 cm³/mol. The minimum absolute atomic E-state index is 0.0179. The summed E-state index contributed by atoms with van der Waals surface area (Å²) in [6.07, 6.45) is 1.37. The van der Waals surface area contributed by atoms with Gasteiger partial charge >= 0.3 is 5.97 Å². The number of ether oxygens (including phenoxy) is 2. The molecule has 0 radical (unpaired) electrons. The molecule has 3 aromatic rings. The molecule has 2 heterocycles. The summed E-state index contributed by atoms with van der Waals surface area (Å²) >= 11 is 0. The monoisotopic (exact) mass is 547 g/mol. The van der Waals surface area contributed by atoms with Gasteiger partial charge in [-0.25, -0.2) is 0 Å². The number of carbonyl (C=O) groups excluding carboxylic acids is 1. The second-order valence-electron chi connectivity index (χ2n) is 10.2. The van der Waals surface area contributed by atoms with Gasteiger partial charge in [-0.05, 0) is 42.4 Å². The molecule has 1 aliphatic heterocycles. The van der Waals surface area contributed by atoms with Gasteiger partial charge in [0.1, 0.15) is 0 Å². The molecule has 4 atom stereocenters. The van der Waals surface area contributed by atoms with Crippen molar-refractivity contribution in [3.63, 3.8) is 0 Å². The van der Waals surface area contributed by atoms with Crippen LogP contribution in [0.1, 0.15) is 54.5 Å². The number of amides is 1. The highest BCUT2D eigenvalue weighted by atomic mass is 16.7. The third-order valence-electron chi connectivity index (χ3n) is 7.12. The van der Waals surface area contributed by atoms with Gasteiger partial charge in [-0.15, -0.1) is 0 Å². The van der Waals surface area contributed by atoms with E-state index in [9.17, 15) is 14.7 Å². The zero-order valence-corrected chi connectivity index (χ0v) is 22.9. The van der Waals surface area contributed by atoms with Crippen LogP contribution in [0.15, 0.2) is 72.9 Å². The van der Waals surface area contributed by atoms with E-state index < -0.39 is 12.3 Å². The van der Waals surface area contributed by atoms with Crippen LogP contribution in [0.2, 0.25) is 0 Å². The van der Waals surface area contributed by atoms with E-state index in [1.807, 2.05) is 60.8 Å². The van der Waals surface area contributed by atoms with Gasteiger partial charge in [0.25, 0.3) is 0 Å². The van der Waals surface area contributed by atoms with Crippen molar-refractivity contribution in [1.29, 1.82) is 0 Å². The Morgan fingerprint density at radius 2 is 1.70 bits per heavy atom. The Labute approximate surface area is 234 Å². The number of rotatable bonds is 12. The number of carboxylic acids is 1. The van der Waals surface area contributed by atoms with Crippen LogP contribution in [-0.2, 0) is 32.1 Å². The zero-order chi connectivity index (χ0) is 28.5. The second kappa shape index (κ2) is 14.1. The van der Waals surface area contributed by atoms with Gasteiger partial charge in [-0.1, -0.05) is 49.4 Å². The van der Waals surface area contributed by atoms with Crippen LogP contribution < -0.4 is 5.32 Å². The highest BCUT2D eigenvalue weighted by molar-refractivity contribution is 5.92. The Kier molecular flexibility index (Phi) is 10.4. The van der Waals surface area contributed by atoms with E-state index in [0.29, 0.717) is 12.2 Å². The highest BCUT2D eigenvalue weighted by Gasteiger charge is 2.38. The van der Waals surface area contributed by atoms with Crippen LogP contribution in [-0.4, -0.2) is 58.2 Å². The summed E-state index contributed by atoms with van der Waals surface area (Å²) in [6.45, 7) is 3.65. The average Bonchev–Trinajstić information content (AvgIpc) is 2.97. The number of anilines is 1. The maximum atomic E-state index is 12.0. The summed E-state index contributed by atoms with van der Waals surface area (Å²) in [5.74, 6) is -1.31. The molecule has 1 saturated heterocycles. The Morgan fingerprint density at radius 3 is 2.35 bits per heavy atom. The standard InChI is InChI=1S/C31H37N3O6/c1-21-27(19-34(2)18-16-25-5-3-4-17-32-25)39-31(40-30(21)23-8-6-22(20-35)7-9-23)24-10-12-26(13-11-24)33-28(36)14-15-29(37)38/h3-13,17,21,27,30-31,35H,14-16,18-20H2,1-2H3,(H,33,36)(H,37,38)/t21-,27+,30+,31+/m1/s1. The fraction of sp³-hybridized carbons (Fsp3) is 0.387. The zero-order valence-electron chi connectivity index (χ0n) is 22.9. The number of carbonyl (C=O) groups is 2. The van der Waals surface area contributed by atoms with Crippen LogP contribution in [0.4, 0.5) is 5.69 Å². The molecule has 9 nitrogen and oxygen atoms in total. The predicted octanol–water partition coefficient (Wildman–Crippen LogP) is 4.34. The minimum Gasteiger partial charge on any atom is -0.481 e. The van der Waals surface area contributed by atoms with Crippen LogP contribution in [0.3, 0.4) is 0 Å². The van der Waals surface area contributed by atoms with Gasteiger partial charge < -0.3 is 29.9 Å². The number of nitrogens with zero attached hydrogens (tertiary/aromatic N) is 2. The molecule has 2 aromatic carbocycles. The molecule has 0 unspecified atom stereocenters. The number of carboxylic acid groups (broad SMARTS) is 1. The number of aromatic nitrogens is 1. The highest BCUT2D eigenvalue weighted by Crippen LogP contribution is 2.42. The van der Waals surface area contributed by atoms with Gasteiger partial charge in [0.2, 0.25) is 5.91 Å². The lowest BCUT2D eigenvalue weighted by atomic mass is 9.90. The summed E-state index contributed by atoms with van der Waals surface area (Å²) in [7, 11) is 2.08. The number of aliphatic hydroxyl groups is 1. The quantitative estimate of drug-likeness (QED) is 0.306. The van der Waals surface area contributed by atoms with E-state index in [1.165, 1.54) is 0 Å². The maximum absolute atomic E-state index is 12.0. The fourth-order valence-corrected chi connectivity index (χ4v) is 4.75. The van der Waals surface area contributed by atoms with Gasteiger partial charge in [0, 0.05) is 55.0 Å². The van der Waals surface area contributed by atoms with Gasteiger partial charge in [0.05, 0.1) is 25.2 Å². The van der Waals surface area contributed by atoms with Crippen LogP contribution >= 0.6 is 0 Å². The normalized spacial score (nSPS) is 20.8. The Morgan fingerprint density at radius 1 is 0.975 bits per heavy atom. The number of pyridine rings is 1. The van der Waals surface area contributed by atoms with E-state index in [2.05, 4.69) is 29.2 Å². The molecule has 1 aliphatic rings. The third kappa shape index (κ3) is 8.19. The van der Waals surface area contributed by atoms with Crippen molar-refractivity contribution >= 4 is 17.6 Å². The number of aliphatic carboxylic acids is 1. The molecular formula is C31H37N3O6. The first kappa shape index (κ1) is 29.4. The third-order valence-corrected chi connectivity index (χ3v) is 7.12. The van der Waals surface area contributed by atoms with E-state index >= 15 is 0 Å². The molecule has 0 spiro atoms. The topological polar surface area (TPSA) is 121 Å². The Balaban J connectivity index is 1.48. The van der Waals surface area contributed by atoms with E-state index in [1.54, 1.807) is 12.1 Å². The van der Waals surface area contributed by atoms with E-state index in [4.69, 9.17) is 14.6 Å². The van der Waals surface area contributed by atoms with Crippen molar-refractivity contribution in [2.45, 2.75) is 51.3 Å². The van der Waals surface area contributed by atoms with Crippen molar-refractivity contribution in [3.05, 3.63) is 95.3 Å². The first-order chi connectivity index (χ1) is 19.3. The molecule has 1 aromatic heterocycles. The molecule has 4 rings (SSSR count). The van der Waals surface area contributed by atoms with Gasteiger partial charge in [-0.3, -0.25) is 14.6 Å². The summed E-state index contributed by atoms with van der Waals surface area (Å²) in [5, 5.41) is 21.0. The number of hydrogen-bond donors (Lipinski definition) is 3. The van der Waals surface area contributed by atoms with Gasteiger partial charge in [0.15, 0.2) is 6.29 Å². The summed E-state index contributed by atoms with van der Waals surface area (Å²) in [4.78, 5) is 29.4. The van der Waals surface area contributed by atoms with Gasteiger partial charge in [-0.2, -0.15) is 0 Å². The maximum Gasteiger partial charge on any atom is 0.303 e. The molecule has 0 bridgehead atoms. The van der Waals surface area contributed by atoms with E-state index in [-0.39, 0.29) is 43.5 Å². The number of benzene rings is 2. The molecule has 3 N–H and O–H groups in total. The van der Waals surface area contributed by atoms with Crippen LogP contribution in [0.5, 0.6) is 0 Å². The minimum atomic E-state index is -1.01. The van der Waals surface area contributed by atoms with Crippen molar-refractivity contribution in [1.82, 2.24) is 9.88 Å². The number of nitrogens with one attached hydrogen (secondary N) is 1. The van der Waals surface area contributed by atoms with Crippen molar-refractivity contribution in [3.8, 4) is 0 Å². The average molecular weight is 548 g/mol. The molecule has 9 heteroatoms. The summed E-state index contributed by atoms with van der Waals surface area (Å²) < 4.78 is 13.0. The molecular weight excluding hydrogens is 510 g/mol. The molecule has 212 valence electrons. The second-order valence-corrected chi connectivity index (χ2v) is 10.2. The SMILES string of the molecule is C[C@@H]1[C@H](CN(C)CCc2ccccn2)O[C@H](c2ccc(NC(=O)CCC(=O)O)cc2)O[C@@H]1c1ccc(CO)cc1. The molecule has 1 fully saturated rings. The first-order valence-electron chi connectivity index (χ1n) is 13.5. The first-order valence-corrected chi connectivity index (χ1v) is 13.5. The lowest BCUT2D eigenvalue weighted by Crippen LogP contribution is -2.43.